The van der Waals surface area contributed by atoms with Crippen molar-refractivity contribution >= 4 is 18.1 Å². The number of aliphatic imine (C=N–C) groups is 2. The van der Waals surface area contributed by atoms with Gasteiger partial charge in [0.2, 0.25) is 12.2 Å². The van der Waals surface area contributed by atoms with Crippen LogP contribution in [0.1, 0.15) is 20.8 Å². The first kappa shape index (κ1) is 19.1. The number of rotatable bonds is 6. The lowest BCUT2D eigenvalue weighted by Crippen LogP contribution is -2.07. The Balaban J connectivity index is 0. The number of hydrogen-bond donors (Lipinski definition) is 0. The fourth-order valence-electron chi connectivity index (χ4n) is 0.598. The van der Waals surface area contributed by atoms with Gasteiger partial charge < -0.3 is 4.74 Å². The molecule has 0 aromatic rings. The van der Waals surface area contributed by atoms with Gasteiger partial charge in [0.15, 0.2) is 0 Å². The molecule has 0 aliphatic heterocycles. The van der Waals surface area contributed by atoms with Gasteiger partial charge in [0.05, 0.1) is 6.54 Å². The van der Waals surface area contributed by atoms with Crippen molar-refractivity contribution in [1.82, 2.24) is 0 Å². The molecule has 0 aromatic heterocycles. The molecular formula is C13H18N2O4. The van der Waals surface area contributed by atoms with E-state index in [4.69, 9.17) is 0 Å². The number of allylic oxidation sites excluding steroid dienone is 1. The van der Waals surface area contributed by atoms with Crippen molar-refractivity contribution in [3.63, 3.8) is 0 Å². The van der Waals surface area contributed by atoms with Crippen molar-refractivity contribution in [2.75, 3.05) is 13.2 Å². The Kier molecular flexibility index (Phi) is 13.8. The quantitative estimate of drug-likeness (QED) is 0.242. The van der Waals surface area contributed by atoms with Crippen molar-refractivity contribution in [3.8, 4) is 0 Å². The third-order valence-corrected chi connectivity index (χ3v) is 1.45. The molecule has 6 nitrogen and oxygen atoms in total. The molecule has 6 heteroatoms. The largest absolute Gasteiger partial charge is 0.460 e. The summed E-state index contributed by atoms with van der Waals surface area (Å²) in [7, 11) is 0. The highest BCUT2D eigenvalue weighted by Crippen LogP contribution is 1.92. The maximum atomic E-state index is 10.6. The Hall–Kier alpha value is -2.29. The van der Waals surface area contributed by atoms with E-state index in [2.05, 4.69) is 21.3 Å². The summed E-state index contributed by atoms with van der Waals surface area (Å²) in [4.78, 5) is 36.0. The highest BCUT2D eigenvalue weighted by atomic mass is 16.5. The smallest absolute Gasteiger partial charge is 0.333 e. The topological polar surface area (TPSA) is 85.2 Å². The number of isocyanates is 2. The second kappa shape index (κ2) is 13.8. The second-order valence-electron chi connectivity index (χ2n) is 3.70. The van der Waals surface area contributed by atoms with E-state index in [1.165, 1.54) is 18.4 Å². The molecule has 19 heavy (non-hydrogen) atoms. The van der Waals surface area contributed by atoms with Crippen molar-refractivity contribution < 1.29 is 19.1 Å². The molecule has 0 fully saturated rings. The Morgan fingerprint density at radius 2 is 2.00 bits per heavy atom. The Morgan fingerprint density at radius 1 is 1.37 bits per heavy atom. The van der Waals surface area contributed by atoms with Gasteiger partial charge in [0.1, 0.15) is 6.61 Å². The first-order chi connectivity index (χ1) is 8.95. The van der Waals surface area contributed by atoms with Crippen LogP contribution in [0.4, 0.5) is 0 Å². The van der Waals surface area contributed by atoms with E-state index in [9.17, 15) is 14.4 Å². The predicted molar refractivity (Wildman–Crippen MR) is 70.9 cm³/mol. The van der Waals surface area contributed by atoms with Gasteiger partial charge >= 0.3 is 5.97 Å². The van der Waals surface area contributed by atoms with Crippen LogP contribution >= 0.6 is 0 Å². The Labute approximate surface area is 112 Å². The van der Waals surface area contributed by atoms with Crippen LogP contribution in [-0.4, -0.2) is 31.3 Å². The van der Waals surface area contributed by atoms with Gasteiger partial charge in [-0.25, -0.2) is 19.4 Å². The van der Waals surface area contributed by atoms with Gasteiger partial charge in [0, 0.05) is 11.8 Å². The molecule has 0 bridgehead atoms. The number of ether oxygens (including phenoxy) is 1. The standard InChI is InChI=1S/C7H9NO3.C6H9NO/c1-6(2)7(10)11-4-3-8-5-9;1-6(2)3-4-7-5-8/h1,3-4H2,2H3;3-4,6H,1-2H3. The van der Waals surface area contributed by atoms with Gasteiger partial charge in [-0.3, -0.25) is 0 Å². The predicted octanol–water partition coefficient (Wildman–Crippen LogP) is 1.93. The minimum atomic E-state index is -0.467. The molecule has 0 aromatic carbocycles. The monoisotopic (exact) mass is 266 g/mol. The van der Waals surface area contributed by atoms with E-state index in [0.29, 0.717) is 11.5 Å². The average molecular weight is 266 g/mol. The molecule has 0 N–H and O–H groups in total. The molecule has 0 saturated heterocycles. The molecule has 0 rings (SSSR count). The maximum absolute atomic E-state index is 10.6. The first-order valence-corrected chi connectivity index (χ1v) is 5.55. The summed E-state index contributed by atoms with van der Waals surface area (Å²) in [6, 6.07) is 0. The zero-order valence-electron chi connectivity index (χ0n) is 11.4. The molecule has 104 valence electrons. The lowest BCUT2D eigenvalue weighted by Gasteiger charge is -1.99. The number of carbonyl (C=O) groups excluding carboxylic acids is 3. The zero-order chi connectivity index (χ0) is 15.1. The molecular weight excluding hydrogens is 248 g/mol. The number of hydrogen-bond acceptors (Lipinski definition) is 6. The lowest BCUT2D eigenvalue weighted by atomic mass is 10.2. The van der Waals surface area contributed by atoms with Crippen LogP contribution in [0.2, 0.25) is 0 Å². The van der Waals surface area contributed by atoms with Gasteiger partial charge in [-0.05, 0) is 12.8 Å². The molecule has 0 radical (unpaired) electrons. The first-order valence-electron chi connectivity index (χ1n) is 5.55. The van der Waals surface area contributed by atoms with E-state index in [0.717, 1.165) is 0 Å². The van der Waals surface area contributed by atoms with Crippen LogP contribution in [-0.2, 0) is 19.1 Å². The maximum Gasteiger partial charge on any atom is 0.333 e. The van der Waals surface area contributed by atoms with Crippen LogP contribution in [0.3, 0.4) is 0 Å². The third kappa shape index (κ3) is 18.3. The summed E-state index contributed by atoms with van der Waals surface area (Å²) >= 11 is 0. The van der Waals surface area contributed by atoms with Gasteiger partial charge in [0.25, 0.3) is 0 Å². The molecule has 0 aliphatic rings. The molecule has 0 saturated carbocycles. The summed E-state index contributed by atoms with van der Waals surface area (Å²) in [6.45, 7) is 9.19. The van der Waals surface area contributed by atoms with E-state index < -0.39 is 5.97 Å². The van der Waals surface area contributed by atoms with E-state index >= 15 is 0 Å². The van der Waals surface area contributed by atoms with Crippen molar-refractivity contribution in [1.29, 1.82) is 0 Å². The van der Waals surface area contributed by atoms with Crippen LogP contribution < -0.4 is 0 Å². The summed E-state index contributed by atoms with van der Waals surface area (Å²) in [5.74, 6) is -0.0156. The van der Waals surface area contributed by atoms with Gasteiger partial charge in [-0.2, -0.15) is 4.99 Å². The minimum Gasteiger partial charge on any atom is -0.460 e. The molecule has 0 heterocycles. The zero-order valence-corrected chi connectivity index (χ0v) is 11.4. The SMILES string of the molecule is C=C(C)C(=O)OCCN=C=O.CC(C)C=CN=C=O. The molecule has 0 amide bonds. The van der Waals surface area contributed by atoms with E-state index in [1.807, 2.05) is 19.9 Å². The fraction of sp³-hybridized carbons (Fsp3) is 0.462. The van der Waals surface area contributed by atoms with Crippen LogP contribution in [0, 0.1) is 5.92 Å². The van der Waals surface area contributed by atoms with Crippen molar-refractivity contribution in [2.24, 2.45) is 15.9 Å². The lowest BCUT2D eigenvalue weighted by molar-refractivity contribution is -0.138. The van der Waals surface area contributed by atoms with Crippen molar-refractivity contribution in [3.05, 3.63) is 24.4 Å². The molecule has 0 atom stereocenters. The highest BCUT2D eigenvalue weighted by molar-refractivity contribution is 5.86. The van der Waals surface area contributed by atoms with Crippen LogP contribution in [0.25, 0.3) is 0 Å². The van der Waals surface area contributed by atoms with E-state index in [-0.39, 0.29) is 13.2 Å². The highest BCUT2D eigenvalue weighted by Gasteiger charge is 2.00. The van der Waals surface area contributed by atoms with Crippen LogP contribution in [0.15, 0.2) is 34.4 Å². The second-order valence-corrected chi connectivity index (χ2v) is 3.70. The normalized spacial score (nSPS) is 8.84. The van der Waals surface area contributed by atoms with Crippen molar-refractivity contribution in [2.45, 2.75) is 20.8 Å². The number of nitrogens with zero attached hydrogens (tertiary/aromatic N) is 2. The molecule has 0 aliphatic carbocycles. The summed E-state index contributed by atoms with van der Waals surface area (Å²) in [5, 5.41) is 0. The Bertz CT molecular complexity index is 401. The Morgan fingerprint density at radius 3 is 2.42 bits per heavy atom. The van der Waals surface area contributed by atoms with Crippen LogP contribution in [0.5, 0.6) is 0 Å². The number of carbonyl (C=O) groups is 1. The summed E-state index contributed by atoms with van der Waals surface area (Å²) in [6.07, 6.45) is 6.02. The molecule has 0 unspecified atom stereocenters. The van der Waals surface area contributed by atoms with E-state index in [1.54, 1.807) is 6.92 Å². The minimum absolute atomic E-state index is 0.0981. The summed E-state index contributed by atoms with van der Waals surface area (Å²) < 4.78 is 4.59. The van der Waals surface area contributed by atoms with Gasteiger partial charge in [-0.1, -0.05) is 26.5 Å². The van der Waals surface area contributed by atoms with Gasteiger partial charge in [-0.15, -0.1) is 0 Å². The fourth-order valence-corrected chi connectivity index (χ4v) is 0.598. The number of esters is 1. The third-order valence-electron chi connectivity index (χ3n) is 1.45. The average Bonchev–Trinajstić information content (AvgIpc) is 2.35. The molecule has 0 spiro atoms. The summed E-state index contributed by atoms with van der Waals surface area (Å²) in [5.41, 5.74) is 0.333.